The molecule has 44 heavy (non-hydrogen) atoms. The van der Waals surface area contributed by atoms with Crippen molar-refractivity contribution in [3.05, 3.63) is 125 Å². The van der Waals surface area contributed by atoms with Crippen LogP contribution in [0.15, 0.2) is 97.1 Å². The van der Waals surface area contributed by atoms with Crippen LogP contribution in [-0.2, 0) is 10.2 Å². The van der Waals surface area contributed by atoms with Gasteiger partial charge in [0.15, 0.2) is 11.6 Å². The van der Waals surface area contributed by atoms with Gasteiger partial charge < -0.3 is 19.7 Å². The SMILES string of the molecule is COc1ccc(C(=O)[C@@H]2[C@@H](C(=O)c3cccc(OC)c3)N3c4ccc(C)cc4C(C)=C[C@@H]3[C@@]23C(=O)Nc2ccccc23)cc1. The summed E-state index contributed by atoms with van der Waals surface area (Å²) in [5, 5.41) is 3.08. The third-order valence-electron chi connectivity index (χ3n) is 9.41. The van der Waals surface area contributed by atoms with E-state index in [4.69, 9.17) is 9.47 Å². The zero-order valence-electron chi connectivity index (χ0n) is 25.0. The monoisotopic (exact) mass is 584 g/mol. The summed E-state index contributed by atoms with van der Waals surface area (Å²) in [6.45, 7) is 4.06. The van der Waals surface area contributed by atoms with Gasteiger partial charge in [-0.25, -0.2) is 0 Å². The van der Waals surface area contributed by atoms with Gasteiger partial charge in [-0.2, -0.15) is 0 Å². The highest BCUT2D eigenvalue weighted by Crippen LogP contribution is 2.59. The van der Waals surface area contributed by atoms with Gasteiger partial charge in [-0.15, -0.1) is 0 Å². The van der Waals surface area contributed by atoms with Crippen LogP contribution in [0.1, 0.15) is 44.3 Å². The maximum absolute atomic E-state index is 15.0. The van der Waals surface area contributed by atoms with Gasteiger partial charge in [-0.1, -0.05) is 48.0 Å². The molecule has 7 rings (SSSR count). The molecule has 1 amide bonds. The molecule has 1 spiro atoms. The van der Waals surface area contributed by atoms with E-state index in [0.717, 1.165) is 22.4 Å². The molecular formula is C37H32N2O5. The Morgan fingerprint density at radius 2 is 1.55 bits per heavy atom. The van der Waals surface area contributed by atoms with Crippen molar-refractivity contribution in [1.29, 1.82) is 0 Å². The highest BCUT2D eigenvalue weighted by Gasteiger charge is 2.70. The fourth-order valence-electron chi connectivity index (χ4n) is 7.43. The third kappa shape index (κ3) is 3.85. The summed E-state index contributed by atoms with van der Waals surface area (Å²) in [6, 6.07) is 25.9. The van der Waals surface area contributed by atoms with Gasteiger partial charge in [0.1, 0.15) is 23.0 Å². The van der Waals surface area contributed by atoms with Crippen LogP contribution in [0, 0.1) is 12.8 Å². The van der Waals surface area contributed by atoms with Gasteiger partial charge in [-0.3, -0.25) is 14.4 Å². The molecule has 3 aliphatic heterocycles. The summed E-state index contributed by atoms with van der Waals surface area (Å²) in [4.78, 5) is 46.5. The van der Waals surface area contributed by atoms with Crippen LogP contribution in [0.2, 0.25) is 0 Å². The van der Waals surface area contributed by atoms with Crippen molar-refractivity contribution in [1.82, 2.24) is 0 Å². The van der Waals surface area contributed by atoms with E-state index in [9.17, 15) is 14.4 Å². The lowest BCUT2D eigenvalue weighted by Crippen LogP contribution is -2.51. The fourth-order valence-corrected chi connectivity index (χ4v) is 7.43. The molecule has 0 bridgehead atoms. The lowest BCUT2D eigenvalue weighted by molar-refractivity contribution is -0.121. The molecule has 0 radical (unpaired) electrons. The maximum Gasteiger partial charge on any atom is 0.238 e. The van der Waals surface area contributed by atoms with Crippen LogP contribution in [-0.4, -0.2) is 43.8 Å². The summed E-state index contributed by atoms with van der Waals surface area (Å²) in [7, 11) is 3.12. The zero-order chi connectivity index (χ0) is 30.7. The van der Waals surface area contributed by atoms with Crippen molar-refractivity contribution in [2.24, 2.45) is 5.92 Å². The second kappa shape index (κ2) is 10.2. The Labute approximate surface area is 256 Å². The van der Waals surface area contributed by atoms with Crippen molar-refractivity contribution in [2.45, 2.75) is 31.3 Å². The number of nitrogens with one attached hydrogen (secondary N) is 1. The van der Waals surface area contributed by atoms with Crippen LogP contribution in [0.5, 0.6) is 11.5 Å². The minimum absolute atomic E-state index is 0.255. The Morgan fingerprint density at radius 3 is 2.30 bits per heavy atom. The normalized spacial score (nSPS) is 22.9. The summed E-state index contributed by atoms with van der Waals surface area (Å²) in [5.74, 6) is -0.742. The van der Waals surface area contributed by atoms with E-state index in [2.05, 4.69) is 17.5 Å². The summed E-state index contributed by atoms with van der Waals surface area (Å²) < 4.78 is 10.8. The van der Waals surface area contributed by atoms with Crippen LogP contribution < -0.4 is 19.7 Å². The summed E-state index contributed by atoms with van der Waals surface area (Å²) >= 11 is 0. The predicted molar refractivity (Wildman–Crippen MR) is 170 cm³/mol. The van der Waals surface area contributed by atoms with Crippen molar-refractivity contribution in [2.75, 3.05) is 24.4 Å². The molecule has 3 heterocycles. The van der Waals surface area contributed by atoms with Crippen LogP contribution in [0.3, 0.4) is 0 Å². The second-order valence-electron chi connectivity index (χ2n) is 11.7. The highest BCUT2D eigenvalue weighted by molar-refractivity contribution is 6.18. The molecule has 1 fully saturated rings. The first-order valence-corrected chi connectivity index (χ1v) is 14.6. The second-order valence-corrected chi connectivity index (χ2v) is 11.7. The number of rotatable bonds is 6. The summed E-state index contributed by atoms with van der Waals surface area (Å²) in [5.41, 5.74) is 4.67. The van der Waals surface area contributed by atoms with E-state index >= 15 is 0 Å². The largest absolute Gasteiger partial charge is 0.497 e. The van der Waals surface area contributed by atoms with Gasteiger partial charge in [0.2, 0.25) is 5.91 Å². The average molecular weight is 585 g/mol. The minimum atomic E-state index is -1.38. The molecular weight excluding hydrogens is 552 g/mol. The first-order valence-electron chi connectivity index (χ1n) is 14.6. The Hall–Kier alpha value is -5.17. The molecule has 220 valence electrons. The number of methoxy groups -OCH3 is 2. The molecule has 0 saturated carbocycles. The van der Waals surface area contributed by atoms with E-state index in [1.54, 1.807) is 62.8 Å². The van der Waals surface area contributed by atoms with Crippen molar-refractivity contribution >= 4 is 34.4 Å². The number of hydrogen-bond acceptors (Lipinski definition) is 6. The predicted octanol–water partition coefficient (Wildman–Crippen LogP) is 6.26. The Kier molecular flexibility index (Phi) is 6.43. The maximum atomic E-state index is 15.0. The number of hydrogen-bond donors (Lipinski definition) is 1. The fraction of sp³-hybridized carbons (Fsp3) is 0.216. The first-order chi connectivity index (χ1) is 21.3. The minimum Gasteiger partial charge on any atom is -0.497 e. The zero-order valence-corrected chi connectivity index (χ0v) is 25.0. The van der Waals surface area contributed by atoms with Gasteiger partial charge in [0.25, 0.3) is 0 Å². The Balaban J connectivity index is 1.54. The smallest absolute Gasteiger partial charge is 0.238 e. The standard InChI is InChI=1S/C37H32N2O5/c1-21-12-17-30-27(18-21)22(2)19-31-37(28-10-5-6-11-29(28)38-36(37)42)32(34(40)23-13-15-25(43-3)16-14-23)33(39(30)31)35(41)24-8-7-9-26(20-24)44-4/h5-20,31-33H,1-4H3,(H,38,42)/t31-,32+,33+,37-/m1/s1. The number of nitrogens with zero attached hydrogens (tertiary/aromatic N) is 1. The molecule has 7 heteroatoms. The number of ketones is 2. The van der Waals surface area contributed by atoms with Crippen LogP contribution in [0.4, 0.5) is 11.4 Å². The Bertz CT molecular complexity index is 1880. The van der Waals surface area contributed by atoms with Crippen molar-refractivity contribution < 1.29 is 23.9 Å². The number of anilines is 2. The number of para-hydroxylation sites is 1. The molecule has 0 unspecified atom stereocenters. The molecule has 4 aromatic rings. The van der Waals surface area contributed by atoms with Gasteiger partial charge >= 0.3 is 0 Å². The van der Waals surface area contributed by atoms with E-state index in [-0.39, 0.29) is 17.5 Å². The van der Waals surface area contributed by atoms with E-state index in [1.807, 2.05) is 55.1 Å². The molecule has 7 nitrogen and oxygen atoms in total. The molecule has 4 atom stereocenters. The van der Waals surface area contributed by atoms with Crippen LogP contribution in [0.25, 0.3) is 5.57 Å². The number of fused-ring (bicyclic) bond motifs is 6. The third-order valence-corrected chi connectivity index (χ3v) is 9.41. The van der Waals surface area contributed by atoms with E-state index < -0.39 is 23.4 Å². The molecule has 3 aliphatic rings. The molecule has 0 aromatic heterocycles. The number of allylic oxidation sites excluding steroid dienone is 1. The molecule has 0 aliphatic carbocycles. The van der Waals surface area contributed by atoms with Crippen molar-refractivity contribution in [3.8, 4) is 11.5 Å². The van der Waals surface area contributed by atoms with Gasteiger partial charge in [0, 0.05) is 28.1 Å². The van der Waals surface area contributed by atoms with E-state index in [0.29, 0.717) is 33.9 Å². The highest BCUT2D eigenvalue weighted by atomic mass is 16.5. The number of amides is 1. The van der Waals surface area contributed by atoms with E-state index in [1.165, 1.54) is 0 Å². The number of benzene rings is 4. The Morgan fingerprint density at radius 1 is 0.795 bits per heavy atom. The lowest BCUT2D eigenvalue weighted by Gasteiger charge is -2.39. The number of carbonyl (C=O) groups is 3. The number of aryl methyl sites for hydroxylation is 1. The molecule has 1 N–H and O–H groups in total. The molecule has 1 saturated heterocycles. The van der Waals surface area contributed by atoms with Gasteiger partial charge in [-0.05, 0) is 79.6 Å². The van der Waals surface area contributed by atoms with Gasteiger partial charge in [0.05, 0.1) is 26.2 Å². The number of ether oxygens (including phenoxy) is 2. The van der Waals surface area contributed by atoms with Crippen LogP contribution >= 0.6 is 0 Å². The van der Waals surface area contributed by atoms with Crippen molar-refractivity contribution in [3.63, 3.8) is 0 Å². The summed E-state index contributed by atoms with van der Waals surface area (Å²) in [6.07, 6.45) is 2.07. The lowest BCUT2D eigenvalue weighted by atomic mass is 9.64. The number of carbonyl (C=O) groups excluding carboxylic acids is 3. The number of Topliss-reactive ketones (excluding diaryl/α,β-unsaturated/α-hetero) is 2. The molecule has 4 aromatic carbocycles. The average Bonchev–Trinajstić information content (AvgIpc) is 3.52. The quantitative estimate of drug-likeness (QED) is 0.270. The topological polar surface area (TPSA) is 84.9 Å². The first kappa shape index (κ1) is 27.7.